The molecule has 0 unspecified atom stereocenters. The normalized spacial score (nSPS) is 12.3. The van der Waals surface area contributed by atoms with E-state index < -0.39 is 32.6 Å². The quantitative estimate of drug-likeness (QED) is 0.685. The Bertz CT molecular complexity index is 1060. The lowest BCUT2D eigenvalue weighted by Gasteiger charge is -2.06. The van der Waals surface area contributed by atoms with E-state index in [0.717, 1.165) is 18.4 Å². The first-order chi connectivity index (χ1) is 12.1. The molecule has 3 rings (SSSR count). The Balaban J connectivity index is 2.21. The van der Waals surface area contributed by atoms with Crippen LogP contribution in [0.1, 0.15) is 5.82 Å². The summed E-state index contributed by atoms with van der Waals surface area (Å²) in [5.41, 5.74) is 0.394. The molecule has 26 heavy (non-hydrogen) atoms. The van der Waals surface area contributed by atoms with Gasteiger partial charge in [0.15, 0.2) is 9.84 Å². The number of hydrogen-bond donors (Lipinski definition) is 1. The monoisotopic (exact) mass is 384 g/mol. The standard InChI is InChI=1S/C17H12F4N2O2S/c1-26(24,25)13-8-7-11(9-12(13)18)15-14(10-5-3-2-4-6-10)22-16(23-15)17(19,20)21/h2-9H,1H3,(H,22,23). The number of aromatic amines is 1. The van der Waals surface area contributed by atoms with E-state index in [-0.39, 0.29) is 17.0 Å². The molecule has 4 nitrogen and oxygen atoms in total. The van der Waals surface area contributed by atoms with Gasteiger partial charge in [-0.1, -0.05) is 36.4 Å². The van der Waals surface area contributed by atoms with Gasteiger partial charge in [0.25, 0.3) is 0 Å². The number of benzene rings is 2. The SMILES string of the molecule is CS(=O)(=O)c1ccc(-c2nc(C(F)(F)F)[nH]c2-c2ccccc2)cc1F. The van der Waals surface area contributed by atoms with Gasteiger partial charge < -0.3 is 4.98 Å². The van der Waals surface area contributed by atoms with Crippen molar-refractivity contribution < 1.29 is 26.0 Å². The number of aromatic nitrogens is 2. The molecule has 1 N–H and O–H groups in total. The summed E-state index contributed by atoms with van der Waals surface area (Å²) in [5.74, 6) is -2.28. The molecular formula is C17H12F4N2O2S. The number of halogens is 4. The summed E-state index contributed by atoms with van der Waals surface area (Å²) in [4.78, 5) is 5.26. The molecule has 0 bridgehead atoms. The number of nitrogens with zero attached hydrogens (tertiary/aromatic N) is 1. The van der Waals surface area contributed by atoms with Crippen molar-refractivity contribution in [3.8, 4) is 22.5 Å². The second-order valence-corrected chi connectivity index (χ2v) is 7.57. The molecule has 0 saturated carbocycles. The van der Waals surface area contributed by atoms with Crippen molar-refractivity contribution in [2.45, 2.75) is 11.1 Å². The van der Waals surface area contributed by atoms with Gasteiger partial charge in [0.05, 0.1) is 11.4 Å². The van der Waals surface area contributed by atoms with Crippen LogP contribution in [-0.4, -0.2) is 24.6 Å². The van der Waals surface area contributed by atoms with E-state index in [9.17, 15) is 26.0 Å². The van der Waals surface area contributed by atoms with E-state index in [0.29, 0.717) is 5.56 Å². The Hall–Kier alpha value is -2.68. The van der Waals surface area contributed by atoms with Crippen LogP contribution in [0.5, 0.6) is 0 Å². The molecule has 1 aromatic heterocycles. The van der Waals surface area contributed by atoms with Crippen LogP contribution in [0.25, 0.3) is 22.5 Å². The second kappa shape index (κ2) is 6.24. The van der Waals surface area contributed by atoms with Crippen LogP contribution in [0.3, 0.4) is 0 Å². The van der Waals surface area contributed by atoms with Gasteiger partial charge in [-0.3, -0.25) is 0 Å². The van der Waals surface area contributed by atoms with Crippen molar-refractivity contribution in [3.63, 3.8) is 0 Å². The van der Waals surface area contributed by atoms with Gasteiger partial charge in [-0.2, -0.15) is 13.2 Å². The highest BCUT2D eigenvalue weighted by molar-refractivity contribution is 7.90. The summed E-state index contributed by atoms with van der Waals surface area (Å²) in [5, 5.41) is 0. The lowest BCUT2D eigenvalue weighted by molar-refractivity contribution is -0.144. The van der Waals surface area contributed by atoms with Gasteiger partial charge in [-0.15, -0.1) is 0 Å². The Morgan fingerprint density at radius 2 is 1.65 bits per heavy atom. The number of sulfone groups is 1. The average Bonchev–Trinajstić information content (AvgIpc) is 3.00. The number of H-pyrrole nitrogens is 1. The van der Waals surface area contributed by atoms with Crippen molar-refractivity contribution in [1.29, 1.82) is 0 Å². The summed E-state index contributed by atoms with van der Waals surface area (Å²) in [6, 6.07) is 11.2. The minimum Gasteiger partial charge on any atom is -0.334 e. The number of alkyl halides is 3. The summed E-state index contributed by atoms with van der Waals surface area (Å²) < 4.78 is 76.4. The molecule has 2 aromatic carbocycles. The maximum Gasteiger partial charge on any atom is 0.449 e. The zero-order valence-corrected chi connectivity index (χ0v) is 14.1. The van der Waals surface area contributed by atoms with E-state index >= 15 is 0 Å². The topological polar surface area (TPSA) is 62.8 Å². The van der Waals surface area contributed by atoms with E-state index in [2.05, 4.69) is 9.97 Å². The average molecular weight is 384 g/mol. The molecule has 0 fully saturated rings. The minimum absolute atomic E-state index is 0.0282. The van der Waals surface area contributed by atoms with Crippen LogP contribution >= 0.6 is 0 Å². The second-order valence-electron chi connectivity index (χ2n) is 5.59. The predicted octanol–water partition coefficient (Wildman–Crippen LogP) is 4.31. The predicted molar refractivity (Wildman–Crippen MR) is 87.5 cm³/mol. The molecule has 9 heteroatoms. The van der Waals surface area contributed by atoms with Gasteiger partial charge in [0.2, 0.25) is 5.82 Å². The van der Waals surface area contributed by atoms with Crippen LogP contribution in [0.4, 0.5) is 17.6 Å². The zero-order valence-electron chi connectivity index (χ0n) is 13.3. The summed E-state index contributed by atoms with van der Waals surface area (Å²) in [7, 11) is -3.80. The van der Waals surface area contributed by atoms with E-state index in [4.69, 9.17) is 0 Å². The molecule has 0 spiro atoms. The van der Waals surface area contributed by atoms with Crippen LogP contribution in [0.15, 0.2) is 53.4 Å². The molecule has 0 aliphatic carbocycles. The Labute approximate surface area is 146 Å². The van der Waals surface area contributed by atoms with E-state index in [1.807, 2.05) is 0 Å². The minimum atomic E-state index is -4.72. The third-order valence-corrected chi connectivity index (χ3v) is 4.77. The lowest BCUT2D eigenvalue weighted by atomic mass is 10.1. The molecule has 0 aliphatic heterocycles. The number of imidazole rings is 1. The van der Waals surface area contributed by atoms with Crippen LogP contribution < -0.4 is 0 Å². The number of rotatable bonds is 3. The molecule has 0 amide bonds. The van der Waals surface area contributed by atoms with Crippen molar-refractivity contribution in [3.05, 3.63) is 60.2 Å². The van der Waals surface area contributed by atoms with Gasteiger partial charge in [0.1, 0.15) is 10.7 Å². The van der Waals surface area contributed by atoms with Gasteiger partial charge in [0, 0.05) is 17.4 Å². The highest BCUT2D eigenvalue weighted by Gasteiger charge is 2.36. The molecule has 0 saturated heterocycles. The number of nitrogens with one attached hydrogen (secondary N) is 1. The first-order valence-electron chi connectivity index (χ1n) is 7.30. The fourth-order valence-corrected chi connectivity index (χ4v) is 3.21. The zero-order chi connectivity index (χ0) is 19.1. The van der Waals surface area contributed by atoms with Crippen LogP contribution in [-0.2, 0) is 16.0 Å². The van der Waals surface area contributed by atoms with Gasteiger partial charge in [-0.25, -0.2) is 17.8 Å². The van der Waals surface area contributed by atoms with Crippen molar-refractivity contribution in [2.24, 2.45) is 0 Å². The van der Waals surface area contributed by atoms with Gasteiger partial charge >= 0.3 is 6.18 Å². The summed E-state index contributed by atoms with van der Waals surface area (Å²) >= 11 is 0. The first-order valence-corrected chi connectivity index (χ1v) is 9.19. The number of hydrogen-bond acceptors (Lipinski definition) is 3. The summed E-state index contributed by atoms with van der Waals surface area (Å²) in [6.45, 7) is 0. The molecule has 136 valence electrons. The van der Waals surface area contributed by atoms with Crippen molar-refractivity contribution in [1.82, 2.24) is 9.97 Å². The third kappa shape index (κ3) is 3.48. The molecule has 0 atom stereocenters. The Kier molecular flexibility index (Phi) is 4.35. The molecule has 0 aliphatic rings. The maximum absolute atomic E-state index is 14.2. The van der Waals surface area contributed by atoms with Gasteiger partial charge in [-0.05, 0) is 12.1 Å². The van der Waals surface area contributed by atoms with Crippen molar-refractivity contribution >= 4 is 9.84 Å². The molecular weight excluding hydrogens is 372 g/mol. The van der Waals surface area contributed by atoms with Crippen LogP contribution in [0, 0.1) is 5.82 Å². The highest BCUT2D eigenvalue weighted by atomic mass is 32.2. The molecule has 3 aromatic rings. The first kappa shape index (κ1) is 18.1. The van der Waals surface area contributed by atoms with Crippen molar-refractivity contribution in [2.75, 3.05) is 6.26 Å². The summed E-state index contributed by atoms with van der Waals surface area (Å²) in [6.07, 6.45) is -3.87. The van der Waals surface area contributed by atoms with E-state index in [1.165, 1.54) is 6.07 Å². The molecule has 0 radical (unpaired) electrons. The molecule has 1 heterocycles. The Morgan fingerprint density at radius 3 is 2.19 bits per heavy atom. The lowest BCUT2D eigenvalue weighted by Crippen LogP contribution is -2.07. The largest absolute Gasteiger partial charge is 0.449 e. The Morgan fingerprint density at radius 1 is 1.00 bits per heavy atom. The highest BCUT2D eigenvalue weighted by Crippen LogP contribution is 2.36. The third-order valence-electron chi connectivity index (χ3n) is 3.64. The van der Waals surface area contributed by atoms with E-state index in [1.54, 1.807) is 30.3 Å². The fraction of sp³-hybridized carbons (Fsp3) is 0.118. The fourth-order valence-electron chi connectivity index (χ4n) is 2.48. The smallest absolute Gasteiger partial charge is 0.334 e. The maximum atomic E-state index is 14.2. The van der Waals surface area contributed by atoms with Crippen LogP contribution in [0.2, 0.25) is 0 Å².